The SMILES string of the molecule is C=CSC(SC)=C1SCCS1. The van der Waals surface area contributed by atoms with Gasteiger partial charge < -0.3 is 0 Å². The molecule has 0 aliphatic carbocycles. The number of hydrogen-bond acceptors (Lipinski definition) is 4. The number of hydrogen-bond donors (Lipinski definition) is 0. The van der Waals surface area contributed by atoms with E-state index in [1.807, 2.05) is 40.7 Å². The Hall–Kier alpha value is 0.880. The van der Waals surface area contributed by atoms with Crippen molar-refractivity contribution >= 4 is 47.0 Å². The summed E-state index contributed by atoms with van der Waals surface area (Å²) in [4.78, 5) is 0. The normalized spacial score (nSPS) is 17.0. The second-order valence-electron chi connectivity index (χ2n) is 1.76. The van der Waals surface area contributed by atoms with E-state index in [9.17, 15) is 0 Å². The summed E-state index contributed by atoms with van der Waals surface area (Å²) < 4.78 is 2.90. The third-order valence-electron chi connectivity index (χ3n) is 1.09. The van der Waals surface area contributed by atoms with Crippen molar-refractivity contribution in [2.24, 2.45) is 0 Å². The first-order valence-electron chi connectivity index (χ1n) is 3.20. The average Bonchev–Trinajstić information content (AvgIpc) is 2.52. The molecule has 0 atom stereocenters. The van der Waals surface area contributed by atoms with Crippen molar-refractivity contribution < 1.29 is 0 Å². The molecule has 0 nitrogen and oxygen atoms in total. The van der Waals surface area contributed by atoms with Crippen molar-refractivity contribution in [3.63, 3.8) is 0 Å². The average molecular weight is 222 g/mol. The van der Waals surface area contributed by atoms with Crippen molar-refractivity contribution in [3.05, 3.63) is 20.5 Å². The monoisotopic (exact) mass is 222 g/mol. The van der Waals surface area contributed by atoms with Gasteiger partial charge >= 0.3 is 0 Å². The van der Waals surface area contributed by atoms with Crippen LogP contribution in [0.2, 0.25) is 0 Å². The Morgan fingerprint density at radius 1 is 1.55 bits per heavy atom. The summed E-state index contributed by atoms with van der Waals surface area (Å²) in [7, 11) is 0. The van der Waals surface area contributed by atoms with Crippen molar-refractivity contribution in [2.45, 2.75) is 0 Å². The van der Waals surface area contributed by atoms with Gasteiger partial charge in [-0.25, -0.2) is 0 Å². The maximum absolute atomic E-state index is 3.72. The lowest BCUT2D eigenvalue weighted by atomic mass is 11.0. The zero-order valence-electron chi connectivity index (χ0n) is 6.33. The maximum Gasteiger partial charge on any atom is 0.0641 e. The van der Waals surface area contributed by atoms with Gasteiger partial charge in [-0.2, -0.15) is 0 Å². The van der Waals surface area contributed by atoms with E-state index in [4.69, 9.17) is 0 Å². The largest absolute Gasteiger partial charge is 0.121 e. The molecule has 0 bridgehead atoms. The van der Waals surface area contributed by atoms with Gasteiger partial charge in [0.25, 0.3) is 0 Å². The molecule has 0 aromatic heterocycles. The molecule has 1 saturated heterocycles. The molecule has 0 spiro atoms. The summed E-state index contributed by atoms with van der Waals surface area (Å²) in [5, 5.41) is 1.90. The standard InChI is InChI=1S/C7H10S4/c1-3-9-6(8-2)7-10-4-5-11-7/h3H,1,4-5H2,2H3. The van der Waals surface area contributed by atoms with Crippen molar-refractivity contribution in [3.8, 4) is 0 Å². The first kappa shape index (κ1) is 9.96. The minimum absolute atomic E-state index is 1.27. The molecule has 4 heteroatoms. The Labute approximate surface area is 85.0 Å². The molecule has 1 fully saturated rings. The Morgan fingerprint density at radius 3 is 2.64 bits per heavy atom. The molecule has 1 heterocycles. The summed E-state index contributed by atoms with van der Waals surface area (Å²) in [5.41, 5.74) is 0. The van der Waals surface area contributed by atoms with Crippen LogP contribution in [0.3, 0.4) is 0 Å². The third kappa shape index (κ3) is 3.01. The fourth-order valence-electron chi connectivity index (χ4n) is 0.683. The minimum Gasteiger partial charge on any atom is -0.121 e. The fourth-order valence-corrected chi connectivity index (χ4v) is 5.29. The van der Waals surface area contributed by atoms with Gasteiger partial charge in [0.2, 0.25) is 0 Å². The fraction of sp³-hybridized carbons (Fsp3) is 0.429. The molecule has 0 unspecified atom stereocenters. The molecule has 0 amide bonds. The van der Waals surface area contributed by atoms with Gasteiger partial charge in [-0.3, -0.25) is 0 Å². The minimum atomic E-state index is 1.27. The quantitative estimate of drug-likeness (QED) is 0.711. The summed E-state index contributed by atoms with van der Waals surface area (Å²) in [6.07, 6.45) is 2.12. The molecule has 62 valence electrons. The molecule has 0 aromatic carbocycles. The highest BCUT2D eigenvalue weighted by atomic mass is 32.2. The van der Waals surface area contributed by atoms with Crippen LogP contribution in [-0.4, -0.2) is 17.8 Å². The molecule has 1 aliphatic rings. The van der Waals surface area contributed by atoms with Crippen molar-refractivity contribution in [1.82, 2.24) is 0 Å². The molecule has 1 rings (SSSR count). The van der Waals surface area contributed by atoms with Crippen LogP contribution < -0.4 is 0 Å². The molecule has 11 heavy (non-hydrogen) atoms. The van der Waals surface area contributed by atoms with E-state index in [1.165, 1.54) is 20.0 Å². The van der Waals surface area contributed by atoms with Gasteiger partial charge in [-0.05, 0) is 11.7 Å². The van der Waals surface area contributed by atoms with E-state index >= 15 is 0 Å². The topological polar surface area (TPSA) is 0 Å². The molecule has 0 aromatic rings. The van der Waals surface area contributed by atoms with Gasteiger partial charge in [-0.1, -0.05) is 18.3 Å². The van der Waals surface area contributed by atoms with Crippen molar-refractivity contribution in [2.75, 3.05) is 17.8 Å². The molecule has 0 radical (unpaired) electrons. The van der Waals surface area contributed by atoms with Gasteiger partial charge in [0.1, 0.15) is 0 Å². The van der Waals surface area contributed by atoms with Crippen LogP contribution in [0.4, 0.5) is 0 Å². The van der Waals surface area contributed by atoms with Crippen molar-refractivity contribution in [1.29, 1.82) is 0 Å². The van der Waals surface area contributed by atoms with E-state index < -0.39 is 0 Å². The lowest BCUT2D eigenvalue weighted by molar-refractivity contribution is 1.59. The lowest BCUT2D eigenvalue weighted by Gasteiger charge is -2.02. The zero-order chi connectivity index (χ0) is 8.10. The van der Waals surface area contributed by atoms with E-state index in [-0.39, 0.29) is 0 Å². The van der Waals surface area contributed by atoms with E-state index in [0.29, 0.717) is 0 Å². The number of rotatable bonds is 3. The molecule has 0 N–H and O–H groups in total. The van der Waals surface area contributed by atoms with Gasteiger partial charge in [-0.15, -0.1) is 35.3 Å². The second-order valence-corrected chi connectivity index (χ2v) is 6.28. The summed E-state index contributed by atoms with van der Waals surface area (Å²) >= 11 is 7.50. The van der Waals surface area contributed by atoms with E-state index in [1.54, 1.807) is 11.8 Å². The van der Waals surface area contributed by atoms with Gasteiger partial charge in [0.05, 0.1) is 8.47 Å². The predicted octanol–water partition coefficient (Wildman–Crippen LogP) is 3.83. The van der Waals surface area contributed by atoms with Gasteiger partial charge in [0.15, 0.2) is 0 Å². The zero-order valence-corrected chi connectivity index (χ0v) is 9.60. The first-order valence-corrected chi connectivity index (χ1v) is 7.27. The van der Waals surface area contributed by atoms with E-state index in [0.717, 1.165) is 0 Å². The lowest BCUT2D eigenvalue weighted by Crippen LogP contribution is -1.68. The van der Waals surface area contributed by atoms with Crippen LogP contribution in [0.5, 0.6) is 0 Å². The maximum atomic E-state index is 3.72. The summed E-state index contributed by atoms with van der Waals surface area (Å²) in [6, 6.07) is 0. The van der Waals surface area contributed by atoms with Crippen LogP contribution in [0.25, 0.3) is 0 Å². The highest BCUT2D eigenvalue weighted by Gasteiger charge is 2.12. The molecule has 1 aliphatic heterocycles. The summed E-state index contributed by atoms with van der Waals surface area (Å²) in [5.74, 6) is 2.53. The van der Waals surface area contributed by atoms with Crippen LogP contribution in [0.1, 0.15) is 0 Å². The Balaban J connectivity index is 2.61. The van der Waals surface area contributed by atoms with Crippen LogP contribution in [-0.2, 0) is 0 Å². The van der Waals surface area contributed by atoms with E-state index in [2.05, 4.69) is 12.8 Å². The molecular formula is C7H10S4. The smallest absolute Gasteiger partial charge is 0.0641 e. The Kier molecular flexibility index (Phi) is 4.99. The van der Waals surface area contributed by atoms with Crippen LogP contribution in [0, 0.1) is 0 Å². The second kappa shape index (κ2) is 5.51. The molecular weight excluding hydrogens is 212 g/mol. The Bertz CT molecular complexity index is 165. The third-order valence-corrected chi connectivity index (χ3v) is 6.27. The van der Waals surface area contributed by atoms with Crippen LogP contribution >= 0.6 is 47.0 Å². The highest BCUT2D eigenvalue weighted by molar-refractivity contribution is 8.30. The summed E-state index contributed by atoms with van der Waals surface area (Å²) in [6.45, 7) is 3.72. The first-order chi connectivity index (χ1) is 5.38. The predicted molar refractivity (Wildman–Crippen MR) is 63.2 cm³/mol. The number of thioether (sulfide) groups is 4. The van der Waals surface area contributed by atoms with Gasteiger partial charge in [0, 0.05) is 11.5 Å². The van der Waals surface area contributed by atoms with Crippen LogP contribution in [0.15, 0.2) is 20.5 Å². The highest BCUT2D eigenvalue weighted by Crippen LogP contribution is 2.45. The Morgan fingerprint density at radius 2 is 2.18 bits per heavy atom. The molecule has 0 saturated carbocycles.